The number of nitrogens with zero attached hydrogens (tertiary/aromatic N) is 2. The number of Topliss-reactive ketones (excluding diaryl/α,β-unsaturated/α-hetero) is 2. The van der Waals surface area contributed by atoms with E-state index in [2.05, 4.69) is 19.2 Å². The summed E-state index contributed by atoms with van der Waals surface area (Å²) in [6, 6.07) is 26.2. The molecule has 8 heteroatoms. The highest BCUT2D eigenvalue weighted by Gasteiger charge is 2.70. The summed E-state index contributed by atoms with van der Waals surface area (Å²) in [4.78, 5) is 57.2. The molecule has 8 nitrogen and oxygen atoms in total. The van der Waals surface area contributed by atoms with Crippen LogP contribution in [0.2, 0.25) is 0 Å². The van der Waals surface area contributed by atoms with Crippen LogP contribution in [-0.4, -0.2) is 33.3 Å². The molecule has 0 bridgehead atoms. The molecule has 0 saturated carbocycles. The lowest BCUT2D eigenvalue weighted by atomic mass is 9.62. The van der Waals surface area contributed by atoms with Crippen molar-refractivity contribution in [2.75, 3.05) is 5.32 Å². The van der Waals surface area contributed by atoms with Gasteiger partial charge in [-0.25, -0.2) is 0 Å². The van der Waals surface area contributed by atoms with Crippen molar-refractivity contribution < 1.29 is 19.3 Å². The lowest BCUT2D eigenvalue weighted by Gasteiger charge is -2.38. The first-order chi connectivity index (χ1) is 21.7. The van der Waals surface area contributed by atoms with Crippen LogP contribution in [0.4, 0.5) is 11.4 Å². The minimum atomic E-state index is -1.47. The lowest BCUT2D eigenvalue weighted by Crippen LogP contribution is -2.49. The van der Waals surface area contributed by atoms with E-state index < -0.39 is 34.1 Å². The van der Waals surface area contributed by atoms with E-state index in [1.165, 1.54) is 24.3 Å². The van der Waals surface area contributed by atoms with Crippen LogP contribution in [-0.2, 0) is 16.6 Å². The lowest BCUT2D eigenvalue weighted by molar-refractivity contribution is -0.384. The Bertz CT molecular complexity index is 1910. The second-order valence-electron chi connectivity index (χ2n) is 12.4. The van der Waals surface area contributed by atoms with Crippen LogP contribution in [0.5, 0.6) is 0 Å². The van der Waals surface area contributed by atoms with Crippen molar-refractivity contribution in [3.63, 3.8) is 0 Å². The van der Waals surface area contributed by atoms with E-state index in [9.17, 15) is 24.5 Å². The molecule has 0 radical (unpaired) electrons. The maximum atomic E-state index is 15.0. The fourth-order valence-electron chi connectivity index (χ4n) is 7.57. The molecule has 4 atom stereocenters. The van der Waals surface area contributed by atoms with Crippen molar-refractivity contribution in [2.24, 2.45) is 11.8 Å². The minimum Gasteiger partial charge on any atom is -0.358 e. The molecule has 45 heavy (non-hydrogen) atoms. The molecule has 224 valence electrons. The van der Waals surface area contributed by atoms with Crippen LogP contribution in [0.25, 0.3) is 6.08 Å². The monoisotopic (exact) mass is 597 g/mol. The van der Waals surface area contributed by atoms with Crippen molar-refractivity contribution in [3.8, 4) is 0 Å². The zero-order valence-corrected chi connectivity index (χ0v) is 24.8. The number of para-hydroxylation sites is 1. The maximum Gasteiger partial charge on any atom is 0.270 e. The molecule has 1 N–H and O–H groups in total. The average Bonchev–Trinajstić information content (AvgIpc) is 3.52. The maximum absolute atomic E-state index is 15.0. The summed E-state index contributed by atoms with van der Waals surface area (Å²) in [5.41, 5.74) is 2.87. The second kappa shape index (κ2) is 10.7. The van der Waals surface area contributed by atoms with Crippen LogP contribution in [0.1, 0.15) is 62.9 Å². The summed E-state index contributed by atoms with van der Waals surface area (Å²) in [6.45, 7) is 4.26. The molecule has 0 unspecified atom stereocenters. The summed E-state index contributed by atoms with van der Waals surface area (Å²) in [5.74, 6) is -1.86. The summed E-state index contributed by atoms with van der Waals surface area (Å²) < 4.78 is 0. The van der Waals surface area contributed by atoms with Crippen LogP contribution < -0.4 is 5.32 Å². The molecule has 3 aliphatic rings. The smallest absolute Gasteiger partial charge is 0.270 e. The molecule has 3 aliphatic heterocycles. The standard InChI is InChI=1S/C37H31N3O5/c1-22(2)20-23-14-16-25(17-15-23)33(41)31-32(34(42)26-9-7-10-27(21-26)40(44)45)39-19-18-24-8-3-4-11-28(24)35(39)37(31)29-12-5-6-13-30(29)38-36(37)43/h3-19,21-22,31-32,35H,20H2,1-2H3,(H,38,43)/t31-,32-,35+,37+/m0/s1. The number of hydrogen-bond donors (Lipinski definition) is 1. The van der Waals surface area contributed by atoms with Crippen LogP contribution in [0, 0.1) is 22.0 Å². The van der Waals surface area contributed by atoms with Gasteiger partial charge in [0.15, 0.2) is 11.6 Å². The van der Waals surface area contributed by atoms with Gasteiger partial charge >= 0.3 is 0 Å². The molecule has 0 aromatic heterocycles. The van der Waals surface area contributed by atoms with Crippen molar-refractivity contribution in [3.05, 3.63) is 147 Å². The molecular weight excluding hydrogens is 566 g/mol. The van der Waals surface area contributed by atoms with Gasteiger partial charge in [-0.05, 0) is 46.7 Å². The number of carbonyl (C=O) groups is 3. The fourth-order valence-corrected chi connectivity index (χ4v) is 7.57. The number of carbonyl (C=O) groups excluding carboxylic acids is 3. The molecule has 1 amide bonds. The Kier molecular flexibility index (Phi) is 6.73. The van der Waals surface area contributed by atoms with Crippen molar-refractivity contribution >= 4 is 34.9 Å². The van der Waals surface area contributed by atoms with Gasteiger partial charge in [0.2, 0.25) is 5.91 Å². The van der Waals surface area contributed by atoms with Gasteiger partial charge in [-0.2, -0.15) is 0 Å². The van der Waals surface area contributed by atoms with Gasteiger partial charge in [0.1, 0.15) is 11.5 Å². The molecule has 4 aromatic rings. The van der Waals surface area contributed by atoms with E-state index in [1.807, 2.05) is 71.6 Å². The number of ketones is 2. The number of fused-ring (bicyclic) bond motifs is 6. The molecule has 1 saturated heterocycles. The summed E-state index contributed by atoms with van der Waals surface area (Å²) in [5, 5.41) is 14.7. The SMILES string of the molecule is CC(C)Cc1ccc(C(=O)[C@@H]2[C@@H](C(=O)c3cccc([N+](=O)[O-])c3)N3C=Cc4ccccc4[C@@H]3[C@]23C(=O)Nc2ccccc23)cc1. The number of hydrogen-bond acceptors (Lipinski definition) is 6. The third-order valence-corrected chi connectivity index (χ3v) is 9.35. The number of non-ortho nitro benzene ring substituents is 1. The van der Waals surface area contributed by atoms with E-state index in [-0.39, 0.29) is 22.9 Å². The highest BCUT2D eigenvalue weighted by atomic mass is 16.6. The van der Waals surface area contributed by atoms with Gasteiger partial charge in [-0.3, -0.25) is 24.5 Å². The van der Waals surface area contributed by atoms with Gasteiger partial charge < -0.3 is 10.2 Å². The summed E-state index contributed by atoms with van der Waals surface area (Å²) in [7, 11) is 0. The highest BCUT2D eigenvalue weighted by molar-refractivity contribution is 6.16. The predicted molar refractivity (Wildman–Crippen MR) is 171 cm³/mol. The molecule has 7 rings (SSSR count). The molecule has 3 heterocycles. The summed E-state index contributed by atoms with van der Waals surface area (Å²) in [6.07, 6.45) is 4.53. The van der Waals surface area contributed by atoms with Crippen molar-refractivity contribution in [1.82, 2.24) is 4.90 Å². The fraction of sp³-hybridized carbons (Fsp3) is 0.216. The third-order valence-electron chi connectivity index (χ3n) is 9.35. The van der Waals surface area contributed by atoms with E-state index >= 15 is 0 Å². The largest absolute Gasteiger partial charge is 0.358 e. The van der Waals surface area contributed by atoms with Gasteiger partial charge in [0.05, 0.1) is 16.9 Å². The normalized spacial score (nSPS) is 22.6. The number of nitrogens with one attached hydrogen (secondary N) is 1. The highest BCUT2D eigenvalue weighted by Crippen LogP contribution is 2.62. The van der Waals surface area contributed by atoms with Crippen molar-refractivity contribution in [1.29, 1.82) is 0 Å². The van der Waals surface area contributed by atoms with E-state index in [1.54, 1.807) is 18.3 Å². The number of rotatable bonds is 7. The quantitative estimate of drug-likeness (QED) is 0.143. The number of amides is 1. The Labute approximate surface area is 260 Å². The molecule has 1 spiro atoms. The Hall–Kier alpha value is -5.37. The third kappa shape index (κ3) is 4.31. The van der Waals surface area contributed by atoms with Crippen LogP contribution in [0.3, 0.4) is 0 Å². The predicted octanol–water partition coefficient (Wildman–Crippen LogP) is 6.78. The minimum absolute atomic E-state index is 0.106. The molecule has 4 aromatic carbocycles. The topological polar surface area (TPSA) is 110 Å². The van der Waals surface area contributed by atoms with Gasteiger partial charge in [-0.15, -0.1) is 0 Å². The Morgan fingerprint density at radius 1 is 0.911 bits per heavy atom. The van der Waals surface area contributed by atoms with E-state index in [0.717, 1.165) is 23.1 Å². The first-order valence-corrected chi connectivity index (χ1v) is 15.1. The Balaban J connectivity index is 1.48. The van der Waals surface area contributed by atoms with E-state index in [4.69, 9.17) is 0 Å². The number of benzene rings is 4. The average molecular weight is 598 g/mol. The van der Waals surface area contributed by atoms with E-state index in [0.29, 0.717) is 22.7 Å². The molecule has 0 aliphatic carbocycles. The Morgan fingerprint density at radius 2 is 1.64 bits per heavy atom. The Morgan fingerprint density at radius 3 is 2.40 bits per heavy atom. The zero-order chi connectivity index (χ0) is 31.5. The number of anilines is 1. The first kappa shape index (κ1) is 28.4. The van der Waals surface area contributed by atoms with Gasteiger partial charge in [-0.1, -0.05) is 92.7 Å². The second-order valence-corrected chi connectivity index (χ2v) is 12.4. The van der Waals surface area contributed by atoms with Gasteiger partial charge in [0, 0.05) is 35.1 Å². The molecule has 1 fully saturated rings. The number of nitro benzene ring substituents is 1. The van der Waals surface area contributed by atoms with Gasteiger partial charge in [0.25, 0.3) is 5.69 Å². The van der Waals surface area contributed by atoms with Crippen LogP contribution in [0.15, 0.2) is 103 Å². The first-order valence-electron chi connectivity index (χ1n) is 15.1. The van der Waals surface area contributed by atoms with Crippen molar-refractivity contribution in [2.45, 2.75) is 37.8 Å². The zero-order valence-electron chi connectivity index (χ0n) is 24.8. The number of nitro groups is 1. The summed E-state index contributed by atoms with van der Waals surface area (Å²) >= 11 is 0. The van der Waals surface area contributed by atoms with Crippen LogP contribution >= 0.6 is 0 Å². The molecular formula is C37H31N3O5.